The highest BCUT2D eigenvalue weighted by atomic mass is 16.2. The number of hydrogen-bond donors (Lipinski definition) is 2. The van der Waals surface area contributed by atoms with Crippen molar-refractivity contribution in [2.75, 3.05) is 18.9 Å². The van der Waals surface area contributed by atoms with Crippen LogP contribution < -0.4 is 10.7 Å². The van der Waals surface area contributed by atoms with E-state index in [1.807, 2.05) is 30.3 Å². The number of likely N-dealkylation sites (N-methyl/N-ethyl adjacent to an activating group) is 1. The molecule has 0 fully saturated rings. The van der Waals surface area contributed by atoms with E-state index in [0.29, 0.717) is 17.1 Å². The van der Waals surface area contributed by atoms with Crippen molar-refractivity contribution in [1.29, 1.82) is 0 Å². The Kier molecular flexibility index (Phi) is 4.05. The molecule has 23 heavy (non-hydrogen) atoms. The molecule has 2 aromatic carbocycles. The maximum absolute atomic E-state index is 12.1. The summed E-state index contributed by atoms with van der Waals surface area (Å²) in [6.07, 6.45) is 0. The standard InChI is InChI=1S/C17H16N4O2/c1-21-15(22)11-18-16(20-21)12-7-9-14(10-8-12)19-17(23)13-5-3-2-4-6-13/h2-10H,11H2,1H3,(H,18,20)(H,19,23). The van der Waals surface area contributed by atoms with Gasteiger partial charge < -0.3 is 5.32 Å². The number of hydrogen-bond acceptors (Lipinski definition) is 4. The summed E-state index contributed by atoms with van der Waals surface area (Å²) in [4.78, 5) is 27.7. The number of nitrogens with zero attached hydrogens (tertiary/aromatic N) is 2. The maximum atomic E-state index is 12.1. The van der Waals surface area contributed by atoms with Crippen molar-refractivity contribution in [3.05, 3.63) is 65.7 Å². The van der Waals surface area contributed by atoms with Gasteiger partial charge in [-0.05, 0) is 36.4 Å². The number of hydrazine groups is 1. The number of rotatable bonds is 3. The molecule has 1 aliphatic heterocycles. The van der Waals surface area contributed by atoms with Gasteiger partial charge in [0.25, 0.3) is 11.8 Å². The van der Waals surface area contributed by atoms with Crippen LogP contribution in [-0.2, 0) is 4.79 Å². The molecular weight excluding hydrogens is 292 g/mol. The molecule has 0 radical (unpaired) electrons. The fourth-order valence-corrected chi connectivity index (χ4v) is 2.17. The van der Waals surface area contributed by atoms with Gasteiger partial charge in [0.2, 0.25) is 0 Å². The van der Waals surface area contributed by atoms with Crippen molar-refractivity contribution in [1.82, 2.24) is 10.4 Å². The Morgan fingerprint density at radius 1 is 1.13 bits per heavy atom. The summed E-state index contributed by atoms with van der Waals surface area (Å²) in [5.41, 5.74) is 5.07. The normalized spacial score (nSPS) is 14.0. The third kappa shape index (κ3) is 3.37. The first-order valence-corrected chi connectivity index (χ1v) is 7.18. The average Bonchev–Trinajstić information content (AvgIpc) is 2.59. The van der Waals surface area contributed by atoms with Gasteiger partial charge in [0.05, 0.1) is 0 Å². The zero-order chi connectivity index (χ0) is 16.2. The highest BCUT2D eigenvalue weighted by Gasteiger charge is 2.17. The summed E-state index contributed by atoms with van der Waals surface area (Å²) in [6.45, 7) is 0.130. The van der Waals surface area contributed by atoms with E-state index in [2.05, 4.69) is 15.7 Å². The van der Waals surface area contributed by atoms with Gasteiger partial charge in [-0.25, -0.2) is 0 Å². The predicted octanol–water partition coefficient (Wildman–Crippen LogP) is 1.66. The Morgan fingerprint density at radius 3 is 2.48 bits per heavy atom. The third-order valence-electron chi connectivity index (χ3n) is 3.47. The first kappa shape index (κ1) is 14.8. The number of carbonyl (C=O) groups is 2. The van der Waals surface area contributed by atoms with Crippen LogP contribution in [0.2, 0.25) is 0 Å². The van der Waals surface area contributed by atoms with Crippen molar-refractivity contribution in [2.45, 2.75) is 0 Å². The van der Waals surface area contributed by atoms with Gasteiger partial charge in [0, 0.05) is 23.9 Å². The lowest BCUT2D eigenvalue weighted by Gasteiger charge is -2.24. The molecule has 1 heterocycles. The molecule has 6 heteroatoms. The number of nitrogens with one attached hydrogen (secondary N) is 2. The van der Waals surface area contributed by atoms with Crippen LogP contribution in [0.25, 0.3) is 0 Å². The minimum absolute atomic E-state index is 0.0829. The third-order valence-corrected chi connectivity index (χ3v) is 3.47. The van der Waals surface area contributed by atoms with E-state index < -0.39 is 0 Å². The van der Waals surface area contributed by atoms with Crippen LogP contribution in [0.4, 0.5) is 5.69 Å². The summed E-state index contributed by atoms with van der Waals surface area (Å²) in [5, 5.41) is 4.25. The topological polar surface area (TPSA) is 73.8 Å². The lowest BCUT2D eigenvalue weighted by Crippen LogP contribution is -2.48. The average molecular weight is 308 g/mol. The van der Waals surface area contributed by atoms with E-state index in [1.54, 1.807) is 31.3 Å². The van der Waals surface area contributed by atoms with Crippen molar-refractivity contribution < 1.29 is 9.59 Å². The molecular formula is C17H16N4O2. The zero-order valence-corrected chi connectivity index (χ0v) is 12.6. The van der Waals surface area contributed by atoms with Crippen LogP contribution in [0.5, 0.6) is 0 Å². The van der Waals surface area contributed by atoms with Gasteiger partial charge in [-0.3, -0.25) is 25.0 Å². The second-order valence-electron chi connectivity index (χ2n) is 5.13. The fourth-order valence-electron chi connectivity index (χ4n) is 2.17. The molecule has 0 saturated carbocycles. The smallest absolute Gasteiger partial charge is 0.262 e. The van der Waals surface area contributed by atoms with Crippen molar-refractivity contribution in [3.8, 4) is 0 Å². The Labute approximate surface area is 133 Å². The predicted molar refractivity (Wildman–Crippen MR) is 88.1 cm³/mol. The van der Waals surface area contributed by atoms with E-state index in [9.17, 15) is 9.59 Å². The highest BCUT2D eigenvalue weighted by Crippen LogP contribution is 2.12. The Bertz CT molecular complexity index is 754. The van der Waals surface area contributed by atoms with E-state index in [-0.39, 0.29) is 18.4 Å². The Morgan fingerprint density at radius 2 is 1.83 bits per heavy atom. The van der Waals surface area contributed by atoms with E-state index in [0.717, 1.165) is 5.56 Å². The summed E-state index contributed by atoms with van der Waals surface area (Å²) in [6, 6.07) is 16.3. The fraction of sp³-hybridized carbons (Fsp3) is 0.118. The number of benzene rings is 2. The van der Waals surface area contributed by atoms with Gasteiger partial charge in [-0.2, -0.15) is 0 Å². The minimum Gasteiger partial charge on any atom is -0.322 e. The molecule has 116 valence electrons. The molecule has 2 N–H and O–H groups in total. The Balaban J connectivity index is 1.70. The van der Waals surface area contributed by atoms with Crippen LogP contribution in [0.15, 0.2) is 59.6 Å². The molecule has 0 aliphatic carbocycles. The van der Waals surface area contributed by atoms with Crippen molar-refractivity contribution in [3.63, 3.8) is 0 Å². The molecule has 0 unspecified atom stereocenters. The van der Waals surface area contributed by atoms with Crippen molar-refractivity contribution in [2.24, 2.45) is 4.99 Å². The molecule has 0 aromatic heterocycles. The summed E-state index contributed by atoms with van der Waals surface area (Å²) < 4.78 is 0. The van der Waals surface area contributed by atoms with Gasteiger partial charge in [-0.15, -0.1) is 0 Å². The number of anilines is 1. The second kappa shape index (κ2) is 6.31. The lowest BCUT2D eigenvalue weighted by atomic mass is 10.1. The van der Waals surface area contributed by atoms with Gasteiger partial charge in [0.15, 0.2) is 0 Å². The van der Waals surface area contributed by atoms with Crippen LogP contribution in [0, 0.1) is 0 Å². The zero-order valence-electron chi connectivity index (χ0n) is 12.6. The molecule has 0 atom stereocenters. The maximum Gasteiger partial charge on any atom is 0.262 e. The van der Waals surface area contributed by atoms with Gasteiger partial charge in [0.1, 0.15) is 12.4 Å². The molecule has 1 aliphatic rings. The second-order valence-corrected chi connectivity index (χ2v) is 5.13. The van der Waals surface area contributed by atoms with Crippen LogP contribution >= 0.6 is 0 Å². The largest absolute Gasteiger partial charge is 0.322 e. The molecule has 2 amide bonds. The lowest BCUT2D eigenvalue weighted by molar-refractivity contribution is -0.130. The SMILES string of the molecule is CN1NC(c2ccc(NC(=O)c3ccccc3)cc2)=NCC1=O. The number of aliphatic imine (C=N–C) groups is 1. The van der Waals surface area contributed by atoms with E-state index in [4.69, 9.17) is 0 Å². The highest BCUT2D eigenvalue weighted by molar-refractivity contribution is 6.05. The summed E-state index contributed by atoms with van der Waals surface area (Å²) in [5.74, 6) is 0.394. The molecule has 3 rings (SSSR count). The Hall–Kier alpha value is -3.15. The first-order chi connectivity index (χ1) is 11.1. The minimum atomic E-state index is -0.156. The number of amidine groups is 1. The first-order valence-electron chi connectivity index (χ1n) is 7.18. The number of amides is 2. The molecule has 6 nitrogen and oxygen atoms in total. The van der Waals surface area contributed by atoms with Gasteiger partial charge >= 0.3 is 0 Å². The monoisotopic (exact) mass is 308 g/mol. The van der Waals surface area contributed by atoms with Gasteiger partial charge in [-0.1, -0.05) is 18.2 Å². The van der Waals surface area contributed by atoms with E-state index >= 15 is 0 Å². The van der Waals surface area contributed by atoms with Crippen molar-refractivity contribution >= 4 is 23.3 Å². The quantitative estimate of drug-likeness (QED) is 0.905. The van der Waals surface area contributed by atoms with Crippen LogP contribution in [0.3, 0.4) is 0 Å². The molecule has 2 aromatic rings. The van der Waals surface area contributed by atoms with Crippen LogP contribution in [0.1, 0.15) is 15.9 Å². The molecule has 0 spiro atoms. The van der Waals surface area contributed by atoms with Crippen LogP contribution in [-0.4, -0.2) is 36.3 Å². The summed E-state index contributed by atoms with van der Waals surface area (Å²) >= 11 is 0. The number of carbonyl (C=O) groups excluding carboxylic acids is 2. The molecule has 0 saturated heterocycles. The van der Waals surface area contributed by atoms with E-state index in [1.165, 1.54) is 5.01 Å². The summed E-state index contributed by atoms with van der Waals surface area (Å²) in [7, 11) is 1.66. The molecule has 0 bridgehead atoms.